The number of guanidine groups is 1. The van der Waals surface area contributed by atoms with Crippen LogP contribution in [-0.2, 0) is 9.59 Å². The number of carboxylic acid groups (broad SMARTS) is 1. The van der Waals surface area contributed by atoms with E-state index in [9.17, 15) is 9.59 Å². The van der Waals surface area contributed by atoms with Crippen molar-refractivity contribution in [2.24, 2.45) is 28.1 Å². The van der Waals surface area contributed by atoms with Crippen molar-refractivity contribution in [3.63, 3.8) is 0 Å². The molecule has 0 radical (unpaired) electrons. The molecular weight excluding hydrogens is 262 g/mol. The number of rotatable bonds is 9. The average molecular weight is 287 g/mol. The van der Waals surface area contributed by atoms with Crippen molar-refractivity contribution in [3.05, 3.63) is 0 Å². The maximum atomic E-state index is 11.8. The molecule has 0 unspecified atom stereocenters. The summed E-state index contributed by atoms with van der Waals surface area (Å²) in [4.78, 5) is 26.7. The highest BCUT2D eigenvalue weighted by molar-refractivity contribution is 5.86. The van der Waals surface area contributed by atoms with Gasteiger partial charge in [0.1, 0.15) is 6.04 Å². The molecule has 0 aromatic rings. The Bertz CT molecular complexity index is 355. The first-order valence-electron chi connectivity index (χ1n) is 6.63. The van der Waals surface area contributed by atoms with Crippen LogP contribution in [0.1, 0.15) is 33.1 Å². The van der Waals surface area contributed by atoms with Gasteiger partial charge in [-0.1, -0.05) is 20.3 Å². The maximum absolute atomic E-state index is 11.8. The van der Waals surface area contributed by atoms with Gasteiger partial charge in [0.05, 0.1) is 6.04 Å². The average Bonchev–Trinajstić information content (AvgIpc) is 2.38. The second kappa shape index (κ2) is 9.13. The molecule has 20 heavy (non-hydrogen) atoms. The van der Waals surface area contributed by atoms with Crippen LogP contribution in [0.15, 0.2) is 4.99 Å². The molecular formula is C12H25N5O3. The van der Waals surface area contributed by atoms with E-state index >= 15 is 0 Å². The molecule has 0 aromatic carbocycles. The molecule has 0 aliphatic rings. The third-order valence-corrected chi connectivity index (χ3v) is 3.08. The Balaban J connectivity index is 4.29. The number of carbonyl (C=O) groups excluding carboxylic acids is 1. The maximum Gasteiger partial charge on any atom is 0.326 e. The predicted molar refractivity (Wildman–Crippen MR) is 76.9 cm³/mol. The second-order valence-corrected chi connectivity index (χ2v) is 4.77. The van der Waals surface area contributed by atoms with Crippen LogP contribution >= 0.6 is 0 Å². The first-order chi connectivity index (χ1) is 9.29. The van der Waals surface area contributed by atoms with Gasteiger partial charge in [0.25, 0.3) is 0 Å². The van der Waals surface area contributed by atoms with Crippen LogP contribution in [-0.4, -0.2) is 41.6 Å². The Morgan fingerprint density at radius 2 is 1.95 bits per heavy atom. The van der Waals surface area contributed by atoms with Crippen LogP contribution in [0.5, 0.6) is 0 Å². The zero-order valence-corrected chi connectivity index (χ0v) is 12.0. The first-order valence-corrected chi connectivity index (χ1v) is 6.63. The zero-order chi connectivity index (χ0) is 15.7. The molecule has 8 N–H and O–H groups in total. The van der Waals surface area contributed by atoms with Crippen molar-refractivity contribution in [2.75, 3.05) is 6.54 Å². The van der Waals surface area contributed by atoms with E-state index in [4.69, 9.17) is 22.3 Å². The number of carbonyl (C=O) groups is 2. The van der Waals surface area contributed by atoms with Crippen LogP contribution in [0.4, 0.5) is 0 Å². The number of carboxylic acids is 1. The molecule has 8 nitrogen and oxygen atoms in total. The quantitative estimate of drug-likeness (QED) is 0.207. The molecule has 0 fully saturated rings. The number of nitrogens with two attached hydrogens (primary N) is 3. The summed E-state index contributed by atoms with van der Waals surface area (Å²) in [6.45, 7) is 4.02. The Hall–Kier alpha value is -1.83. The normalized spacial score (nSPS) is 14.9. The molecule has 8 heteroatoms. The van der Waals surface area contributed by atoms with Gasteiger partial charge in [-0.3, -0.25) is 9.79 Å². The molecule has 0 saturated heterocycles. The van der Waals surface area contributed by atoms with E-state index in [-0.39, 0.29) is 11.9 Å². The molecule has 0 aliphatic carbocycles. The number of aliphatic imine (C=N–C) groups is 1. The standard InChI is InChI=1S/C12H25N5O3/c1-3-7(2)9(11(19)20)17-10(18)8(13)5-4-6-16-12(14)15/h7-9H,3-6,13H2,1-2H3,(H,17,18)(H,19,20)(H4,14,15,16)/t7-,8+,9-/m1/s1. The fraction of sp³-hybridized carbons (Fsp3) is 0.750. The number of amides is 1. The third-order valence-electron chi connectivity index (χ3n) is 3.08. The summed E-state index contributed by atoms with van der Waals surface area (Å²) in [5.41, 5.74) is 16.0. The summed E-state index contributed by atoms with van der Waals surface area (Å²) in [6, 6.07) is -1.69. The Kier molecular flexibility index (Phi) is 8.30. The molecule has 0 aromatic heterocycles. The summed E-state index contributed by atoms with van der Waals surface area (Å²) < 4.78 is 0. The monoisotopic (exact) mass is 287 g/mol. The second-order valence-electron chi connectivity index (χ2n) is 4.77. The minimum Gasteiger partial charge on any atom is -0.480 e. The van der Waals surface area contributed by atoms with Gasteiger partial charge in [-0.2, -0.15) is 0 Å². The van der Waals surface area contributed by atoms with E-state index < -0.39 is 24.0 Å². The molecule has 0 heterocycles. The molecule has 0 rings (SSSR count). The third kappa shape index (κ3) is 6.93. The lowest BCUT2D eigenvalue weighted by molar-refractivity contribution is -0.143. The van der Waals surface area contributed by atoms with Crippen LogP contribution < -0.4 is 22.5 Å². The molecule has 0 saturated carbocycles. The molecule has 3 atom stereocenters. The molecule has 1 amide bonds. The van der Waals surface area contributed by atoms with Crippen molar-refractivity contribution in [2.45, 2.75) is 45.2 Å². The van der Waals surface area contributed by atoms with Crippen LogP contribution in [0.25, 0.3) is 0 Å². The van der Waals surface area contributed by atoms with Gasteiger partial charge in [0.2, 0.25) is 5.91 Å². The summed E-state index contributed by atoms with van der Waals surface area (Å²) in [7, 11) is 0. The van der Waals surface area contributed by atoms with Crippen LogP contribution in [0.2, 0.25) is 0 Å². The van der Waals surface area contributed by atoms with Crippen molar-refractivity contribution in [1.29, 1.82) is 0 Å². The Labute approximate surface area is 118 Å². The molecule has 0 spiro atoms. The van der Waals surface area contributed by atoms with E-state index in [1.165, 1.54) is 0 Å². The first kappa shape index (κ1) is 18.2. The van der Waals surface area contributed by atoms with E-state index in [1.807, 2.05) is 6.92 Å². The highest BCUT2D eigenvalue weighted by Crippen LogP contribution is 2.08. The molecule has 0 aliphatic heterocycles. The Morgan fingerprint density at radius 3 is 2.40 bits per heavy atom. The van der Waals surface area contributed by atoms with Crippen molar-refractivity contribution >= 4 is 17.8 Å². The van der Waals surface area contributed by atoms with Crippen LogP contribution in [0, 0.1) is 5.92 Å². The van der Waals surface area contributed by atoms with E-state index in [2.05, 4.69) is 10.3 Å². The highest BCUT2D eigenvalue weighted by Gasteiger charge is 2.27. The van der Waals surface area contributed by atoms with Crippen molar-refractivity contribution in [3.8, 4) is 0 Å². The molecule has 116 valence electrons. The van der Waals surface area contributed by atoms with Gasteiger partial charge in [0, 0.05) is 6.54 Å². The number of nitrogens with zero attached hydrogens (tertiary/aromatic N) is 1. The van der Waals surface area contributed by atoms with E-state index in [0.29, 0.717) is 25.8 Å². The van der Waals surface area contributed by atoms with Gasteiger partial charge in [0.15, 0.2) is 5.96 Å². The van der Waals surface area contributed by atoms with Crippen LogP contribution in [0.3, 0.4) is 0 Å². The predicted octanol–water partition coefficient (Wildman–Crippen LogP) is -1.02. The van der Waals surface area contributed by atoms with Gasteiger partial charge in [-0.25, -0.2) is 4.79 Å². The van der Waals surface area contributed by atoms with Gasteiger partial charge in [-0.15, -0.1) is 0 Å². The van der Waals surface area contributed by atoms with Crippen molar-refractivity contribution in [1.82, 2.24) is 5.32 Å². The lowest BCUT2D eigenvalue weighted by Gasteiger charge is -2.22. The minimum atomic E-state index is -1.06. The summed E-state index contributed by atoms with van der Waals surface area (Å²) in [5.74, 6) is -1.70. The SMILES string of the molecule is CC[C@@H](C)[C@@H](NC(=O)[C@@H](N)CCCN=C(N)N)C(=O)O. The lowest BCUT2D eigenvalue weighted by atomic mass is 9.98. The van der Waals surface area contributed by atoms with E-state index in [1.54, 1.807) is 6.92 Å². The largest absolute Gasteiger partial charge is 0.480 e. The number of nitrogens with one attached hydrogen (secondary N) is 1. The van der Waals surface area contributed by atoms with Gasteiger partial charge >= 0.3 is 5.97 Å². The van der Waals surface area contributed by atoms with E-state index in [0.717, 1.165) is 0 Å². The Morgan fingerprint density at radius 1 is 1.35 bits per heavy atom. The lowest BCUT2D eigenvalue weighted by Crippen LogP contribution is -2.51. The highest BCUT2D eigenvalue weighted by atomic mass is 16.4. The summed E-state index contributed by atoms with van der Waals surface area (Å²) >= 11 is 0. The smallest absolute Gasteiger partial charge is 0.326 e. The van der Waals surface area contributed by atoms with Gasteiger partial charge in [-0.05, 0) is 18.8 Å². The fourth-order valence-electron chi connectivity index (χ4n) is 1.59. The van der Waals surface area contributed by atoms with Crippen molar-refractivity contribution < 1.29 is 14.7 Å². The molecule has 0 bridgehead atoms. The minimum absolute atomic E-state index is 0.00858. The topological polar surface area (TPSA) is 157 Å². The summed E-state index contributed by atoms with van der Waals surface area (Å²) in [6.07, 6.45) is 1.58. The number of hydrogen-bond donors (Lipinski definition) is 5. The zero-order valence-electron chi connectivity index (χ0n) is 12.0. The number of hydrogen-bond acceptors (Lipinski definition) is 4. The fourth-order valence-corrected chi connectivity index (χ4v) is 1.59. The number of aliphatic carboxylic acids is 1. The summed E-state index contributed by atoms with van der Waals surface area (Å²) in [5, 5.41) is 11.5. The van der Waals surface area contributed by atoms with Gasteiger partial charge < -0.3 is 27.6 Å².